The second-order valence-electron chi connectivity index (χ2n) is 4.30. The fourth-order valence-corrected chi connectivity index (χ4v) is 2.39. The highest BCUT2D eigenvalue weighted by Crippen LogP contribution is 2.36. The van der Waals surface area contributed by atoms with E-state index in [2.05, 4.69) is 7.05 Å². The number of ether oxygens (including phenoxy) is 1. The largest absolute Gasteiger partial charge is 0.457 e. The van der Waals surface area contributed by atoms with Crippen molar-refractivity contribution < 1.29 is 9.84 Å². The van der Waals surface area contributed by atoms with Gasteiger partial charge in [-0.2, -0.15) is 0 Å². The summed E-state index contributed by atoms with van der Waals surface area (Å²) < 4.78 is 5.62. The molecule has 1 aliphatic heterocycles. The summed E-state index contributed by atoms with van der Waals surface area (Å²) in [6, 6.07) is 9.92. The van der Waals surface area contributed by atoms with Crippen LogP contribution in [0.25, 0.3) is 0 Å². The van der Waals surface area contributed by atoms with E-state index in [1.165, 1.54) is 0 Å². The molecule has 1 aromatic carbocycles. The number of benzene rings is 1. The number of nitrogens with zero attached hydrogens (tertiary/aromatic N) is 1. The maximum absolute atomic E-state index is 10.2. The predicted molar refractivity (Wildman–Crippen MR) is 62.7 cm³/mol. The van der Waals surface area contributed by atoms with Gasteiger partial charge in [0.25, 0.3) is 0 Å². The van der Waals surface area contributed by atoms with Crippen LogP contribution in [0.5, 0.6) is 0 Å². The van der Waals surface area contributed by atoms with Crippen LogP contribution in [0.15, 0.2) is 30.3 Å². The molecule has 88 valence electrons. The molecular formula is C13H18NO2-. The first-order chi connectivity index (χ1) is 7.69. The molecule has 0 unspecified atom stereocenters. The van der Waals surface area contributed by atoms with Crippen LogP contribution in [0.3, 0.4) is 0 Å². The zero-order chi connectivity index (χ0) is 11.6. The fraction of sp³-hybridized carbons (Fsp3) is 0.462. The van der Waals surface area contributed by atoms with Crippen LogP contribution in [0.2, 0.25) is 0 Å². The molecule has 0 amide bonds. The minimum Gasteiger partial charge on any atom is -0.457 e. The van der Waals surface area contributed by atoms with Crippen molar-refractivity contribution in [3.63, 3.8) is 0 Å². The molecule has 0 saturated carbocycles. The highest BCUT2D eigenvalue weighted by Gasteiger charge is 2.41. The van der Waals surface area contributed by atoms with Crippen molar-refractivity contribution in [3.05, 3.63) is 42.9 Å². The van der Waals surface area contributed by atoms with Crippen LogP contribution in [-0.2, 0) is 10.3 Å². The maximum atomic E-state index is 10.2. The SMILES string of the molecule is [CH2-]N1CC[C@@](OC)(c2ccccc2)[C@H](O)C1. The summed E-state index contributed by atoms with van der Waals surface area (Å²) in [6.07, 6.45) is 0.226. The van der Waals surface area contributed by atoms with E-state index in [9.17, 15) is 5.11 Å². The Morgan fingerprint density at radius 2 is 2.12 bits per heavy atom. The average Bonchev–Trinajstić information content (AvgIpc) is 2.31. The Morgan fingerprint density at radius 3 is 2.69 bits per heavy atom. The molecule has 0 aromatic heterocycles. The minimum atomic E-state index is -0.574. The van der Waals surface area contributed by atoms with Crippen molar-refractivity contribution in [2.75, 3.05) is 20.2 Å². The summed E-state index contributed by atoms with van der Waals surface area (Å²) in [5.74, 6) is 0. The van der Waals surface area contributed by atoms with Gasteiger partial charge in [-0.15, -0.1) is 0 Å². The van der Waals surface area contributed by atoms with Gasteiger partial charge in [-0.1, -0.05) is 30.3 Å². The number of hydrogen-bond acceptors (Lipinski definition) is 3. The third-order valence-corrected chi connectivity index (χ3v) is 3.40. The number of hydrogen-bond donors (Lipinski definition) is 1. The van der Waals surface area contributed by atoms with Gasteiger partial charge in [0.2, 0.25) is 0 Å². The Labute approximate surface area is 96.6 Å². The number of aliphatic hydroxyl groups is 1. The van der Waals surface area contributed by atoms with Crippen molar-refractivity contribution in [1.82, 2.24) is 4.90 Å². The van der Waals surface area contributed by atoms with Crippen molar-refractivity contribution in [1.29, 1.82) is 0 Å². The van der Waals surface area contributed by atoms with Gasteiger partial charge in [-0.05, 0) is 25.1 Å². The Morgan fingerprint density at radius 1 is 1.44 bits per heavy atom. The molecule has 16 heavy (non-hydrogen) atoms. The molecule has 1 N–H and O–H groups in total. The highest BCUT2D eigenvalue weighted by atomic mass is 16.5. The molecule has 0 spiro atoms. The molecule has 1 heterocycles. The second kappa shape index (κ2) is 4.53. The molecule has 0 aliphatic carbocycles. The average molecular weight is 220 g/mol. The number of rotatable bonds is 2. The molecule has 2 rings (SSSR count). The van der Waals surface area contributed by atoms with Gasteiger partial charge < -0.3 is 14.7 Å². The topological polar surface area (TPSA) is 32.7 Å². The smallest absolute Gasteiger partial charge is 0.121 e. The zero-order valence-electron chi connectivity index (χ0n) is 9.60. The standard InChI is InChI=1S/C13H18NO2/c1-14-9-8-13(16-2,12(15)10-14)11-6-4-3-5-7-11/h3-7,12,15H,1,8-10H2,2H3/q-1/t12-,13-/m1/s1. The first-order valence-electron chi connectivity index (χ1n) is 5.53. The zero-order valence-corrected chi connectivity index (χ0v) is 9.60. The molecule has 1 saturated heterocycles. The van der Waals surface area contributed by atoms with Gasteiger partial charge >= 0.3 is 0 Å². The molecule has 1 aliphatic rings. The monoisotopic (exact) mass is 220 g/mol. The van der Waals surface area contributed by atoms with E-state index >= 15 is 0 Å². The predicted octanol–water partition coefficient (Wildman–Crippen LogP) is 1.39. The molecule has 3 heteroatoms. The van der Waals surface area contributed by atoms with E-state index in [0.29, 0.717) is 6.54 Å². The van der Waals surface area contributed by atoms with Crippen LogP contribution >= 0.6 is 0 Å². The van der Waals surface area contributed by atoms with E-state index in [0.717, 1.165) is 18.5 Å². The Bertz CT molecular complexity index is 341. The first kappa shape index (κ1) is 11.6. The first-order valence-corrected chi connectivity index (χ1v) is 5.53. The van der Waals surface area contributed by atoms with Gasteiger partial charge in [-0.3, -0.25) is 7.05 Å². The molecule has 0 radical (unpaired) electrons. The Balaban J connectivity index is 2.32. The molecule has 2 atom stereocenters. The maximum Gasteiger partial charge on any atom is 0.121 e. The third kappa shape index (κ3) is 1.86. The van der Waals surface area contributed by atoms with E-state index in [-0.39, 0.29) is 0 Å². The highest BCUT2D eigenvalue weighted by molar-refractivity contribution is 5.25. The number of piperidine rings is 1. The lowest BCUT2D eigenvalue weighted by Crippen LogP contribution is -2.52. The van der Waals surface area contributed by atoms with Crippen LogP contribution in [0.4, 0.5) is 0 Å². The summed E-state index contributed by atoms with van der Waals surface area (Å²) in [4.78, 5) is 1.88. The van der Waals surface area contributed by atoms with Gasteiger partial charge in [0.1, 0.15) is 5.60 Å². The number of likely N-dealkylation sites (tertiary alicyclic amines) is 1. The molecule has 1 fully saturated rings. The Hall–Kier alpha value is -0.900. The lowest BCUT2D eigenvalue weighted by atomic mass is 9.82. The van der Waals surface area contributed by atoms with Gasteiger partial charge in [-0.25, -0.2) is 0 Å². The van der Waals surface area contributed by atoms with Gasteiger partial charge in [0.15, 0.2) is 0 Å². The molecular weight excluding hydrogens is 202 g/mol. The Kier molecular flexibility index (Phi) is 3.28. The van der Waals surface area contributed by atoms with Crippen LogP contribution in [-0.4, -0.2) is 36.3 Å². The number of methoxy groups -OCH3 is 1. The summed E-state index contributed by atoms with van der Waals surface area (Å²) >= 11 is 0. The quantitative estimate of drug-likeness (QED) is 0.764. The van der Waals surface area contributed by atoms with Gasteiger partial charge in [0.05, 0.1) is 6.10 Å². The third-order valence-electron chi connectivity index (χ3n) is 3.40. The summed E-state index contributed by atoms with van der Waals surface area (Å²) in [6.45, 7) is 1.38. The van der Waals surface area contributed by atoms with Crippen molar-refractivity contribution in [3.8, 4) is 0 Å². The molecule has 0 bridgehead atoms. The second-order valence-corrected chi connectivity index (χ2v) is 4.30. The number of β-amino-alcohol motifs (C(OH)–C–C–N with tert-alkyl or cyclic N) is 1. The fourth-order valence-electron chi connectivity index (χ4n) is 2.39. The van der Waals surface area contributed by atoms with Crippen LogP contribution < -0.4 is 0 Å². The molecule has 3 nitrogen and oxygen atoms in total. The normalized spacial score (nSPS) is 31.6. The van der Waals surface area contributed by atoms with E-state index in [1.807, 2.05) is 35.2 Å². The van der Waals surface area contributed by atoms with Crippen molar-refractivity contribution >= 4 is 0 Å². The lowest BCUT2D eigenvalue weighted by molar-refractivity contribution is -0.141. The van der Waals surface area contributed by atoms with E-state index in [1.54, 1.807) is 7.11 Å². The summed E-state index contributed by atoms with van der Waals surface area (Å²) in [5.41, 5.74) is 0.466. The molecule has 1 aromatic rings. The lowest BCUT2D eigenvalue weighted by Gasteiger charge is -2.46. The van der Waals surface area contributed by atoms with Crippen molar-refractivity contribution in [2.45, 2.75) is 18.1 Å². The van der Waals surface area contributed by atoms with Gasteiger partial charge in [0, 0.05) is 7.11 Å². The van der Waals surface area contributed by atoms with Crippen LogP contribution in [0.1, 0.15) is 12.0 Å². The summed E-state index contributed by atoms with van der Waals surface area (Å²) in [7, 11) is 5.52. The summed E-state index contributed by atoms with van der Waals surface area (Å²) in [5, 5.41) is 10.2. The number of aliphatic hydroxyl groups excluding tert-OH is 1. The van der Waals surface area contributed by atoms with Crippen LogP contribution in [0, 0.1) is 7.05 Å². The van der Waals surface area contributed by atoms with E-state index in [4.69, 9.17) is 4.74 Å². The van der Waals surface area contributed by atoms with Crippen molar-refractivity contribution in [2.24, 2.45) is 0 Å². The van der Waals surface area contributed by atoms with E-state index < -0.39 is 11.7 Å². The minimum absolute atomic E-state index is 0.536.